The molecule has 1 aliphatic carbocycles. The summed E-state index contributed by atoms with van der Waals surface area (Å²) in [6.45, 7) is 1.88. The van der Waals surface area contributed by atoms with Gasteiger partial charge in [0.1, 0.15) is 5.75 Å². The zero-order valence-corrected chi connectivity index (χ0v) is 12.9. The van der Waals surface area contributed by atoms with Gasteiger partial charge in [-0.3, -0.25) is 0 Å². The minimum absolute atomic E-state index is 0.0505. The normalized spacial score (nSPS) is 22.7. The Balaban J connectivity index is 1.84. The fourth-order valence-electron chi connectivity index (χ4n) is 3.03. The van der Waals surface area contributed by atoms with E-state index in [2.05, 4.69) is 10.8 Å². The largest absolute Gasteiger partial charge is 0.573 e. The minimum atomic E-state index is -4.71. The number of hydrogen-bond donors (Lipinski definition) is 1. The predicted octanol–water partition coefficient (Wildman–Crippen LogP) is 4.42. The number of nitriles is 1. The van der Waals surface area contributed by atoms with E-state index in [1.807, 2.05) is 19.1 Å². The Kier molecular flexibility index (Phi) is 3.67. The fourth-order valence-corrected chi connectivity index (χ4v) is 3.03. The summed E-state index contributed by atoms with van der Waals surface area (Å²) >= 11 is 0. The number of hydrogen-bond acceptors (Lipinski definition) is 3. The van der Waals surface area contributed by atoms with Gasteiger partial charge in [-0.05, 0) is 48.2 Å². The van der Waals surface area contributed by atoms with E-state index in [0.717, 1.165) is 16.7 Å². The van der Waals surface area contributed by atoms with Gasteiger partial charge in [0.2, 0.25) is 0 Å². The second-order valence-corrected chi connectivity index (χ2v) is 6.03. The summed E-state index contributed by atoms with van der Waals surface area (Å²) in [6, 6.07) is 13.6. The summed E-state index contributed by atoms with van der Waals surface area (Å²) in [7, 11) is 0. The molecule has 0 spiro atoms. The highest BCUT2D eigenvalue weighted by molar-refractivity contribution is 5.55. The van der Waals surface area contributed by atoms with Crippen molar-refractivity contribution in [1.29, 1.82) is 5.26 Å². The second kappa shape index (κ2) is 5.45. The van der Waals surface area contributed by atoms with Crippen molar-refractivity contribution >= 4 is 5.69 Å². The van der Waals surface area contributed by atoms with Gasteiger partial charge in [-0.1, -0.05) is 24.3 Å². The first-order valence-corrected chi connectivity index (χ1v) is 7.39. The van der Waals surface area contributed by atoms with Crippen molar-refractivity contribution in [2.75, 3.05) is 5.73 Å². The maximum Gasteiger partial charge on any atom is 0.573 e. The van der Waals surface area contributed by atoms with E-state index in [1.165, 1.54) is 12.1 Å². The Bertz CT molecular complexity index is 808. The summed E-state index contributed by atoms with van der Waals surface area (Å²) in [5.41, 5.74) is 8.45. The summed E-state index contributed by atoms with van der Waals surface area (Å²) in [5, 5.41) is 9.65. The molecule has 0 saturated heterocycles. The molecule has 24 heavy (non-hydrogen) atoms. The molecule has 0 bridgehead atoms. The quantitative estimate of drug-likeness (QED) is 0.846. The average Bonchev–Trinajstić information content (AvgIpc) is 3.25. The van der Waals surface area contributed by atoms with Crippen LogP contribution in [0.1, 0.15) is 29.0 Å². The average molecular weight is 332 g/mol. The van der Waals surface area contributed by atoms with Crippen LogP contribution in [-0.4, -0.2) is 6.36 Å². The molecule has 1 fully saturated rings. The van der Waals surface area contributed by atoms with E-state index in [1.54, 1.807) is 18.2 Å². The van der Waals surface area contributed by atoms with Crippen molar-refractivity contribution in [1.82, 2.24) is 0 Å². The van der Waals surface area contributed by atoms with Crippen LogP contribution in [0.25, 0.3) is 0 Å². The van der Waals surface area contributed by atoms with Crippen LogP contribution in [0.2, 0.25) is 0 Å². The van der Waals surface area contributed by atoms with Crippen molar-refractivity contribution in [3.8, 4) is 11.8 Å². The minimum Gasteiger partial charge on any atom is -0.406 e. The van der Waals surface area contributed by atoms with Crippen LogP contribution in [0.3, 0.4) is 0 Å². The number of alkyl halides is 3. The molecule has 1 saturated carbocycles. The Morgan fingerprint density at radius 1 is 1.21 bits per heavy atom. The van der Waals surface area contributed by atoms with Gasteiger partial charge in [-0.2, -0.15) is 5.26 Å². The van der Waals surface area contributed by atoms with Crippen LogP contribution in [0.4, 0.5) is 18.9 Å². The summed E-state index contributed by atoms with van der Waals surface area (Å²) < 4.78 is 40.5. The number of nitrogens with two attached hydrogens (primary N) is 1. The number of ether oxygens (including phenoxy) is 1. The standard InChI is InChI=1S/C18H15F3N2O/c1-11-8-13(4-7-16(11)23)17(10-22)9-15(17)12-2-5-14(6-3-12)24-18(19,20)21/h2-8,15H,9,23H2,1H3. The fraction of sp³-hybridized carbons (Fsp3) is 0.278. The van der Waals surface area contributed by atoms with E-state index >= 15 is 0 Å². The SMILES string of the molecule is Cc1cc(C2(C#N)CC2c2ccc(OC(F)(F)F)cc2)ccc1N. The zero-order valence-electron chi connectivity index (χ0n) is 12.9. The van der Waals surface area contributed by atoms with Gasteiger partial charge in [0.25, 0.3) is 0 Å². The van der Waals surface area contributed by atoms with E-state index in [4.69, 9.17) is 5.73 Å². The molecule has 3 rings (SSSR count). The third-order valence-electron chi connectivity index (χ3n) is 4.46. The third-order valence-corrected chi connectivity index (χ3v) is 4.46. The van der Waals surface area contributed by atoms with Crippen molar-refractivity contribution < 1.29 is 17.9 Å². The van der Waals surface area contributed by atoms with E-state index < -0.39 is 11.8 Å². The van der Waals surface area contributed by atoms with Crippen molar-refractivity contribution in [3.05, 3.63) is 59.2 Å². The van der Waals surface area contributed by atoms with Gasteiger partial charge < -0.3 is 10.5 Å². The molecule has 6 heteroatoms. The Morgan fingerprint density at radius 3 is 2.42 bits per heavy atom. The molecule has 0 radical (unpaired) electrons. The third kappa shape index (κ3) is 2.90. The smallest absolute Gasteiger partial charge is 0.406 e. The Hall–Kier alpha value is -2.68. The molecule has 0 amide bonds. The van der Waals surface area contributed by atoms with Crippen molar-refractivity contribution in [2.45, 2.75) is 31.0 Å². The summed E-state index contributed by atoms with van der Waals surface area (Å²) in [4.78, 5) is 0. The highest BCUT2D eigenvalue weighted by atomic mass is 19.4. The van der Waals surface area contributed by atoms with Gasteiger partial charge in [0.15, 0.2) is 0 Å². The topological polar surface area (TPSA) is 59.0 Å². The molecule has 0 aliphatic heterocycles. The molecular formula is C18H15F3N2O. The lowest BCUT2D eigenvalue weighted by molar-refractivity contribution is -0.274. The molecule has 1 aliphatic rings. The van der Waals surface area contributed by atoms with Crippen LogP contribution in [0.5, 0.6) is 5.75 Å². The number of nitrogen functional groups attached to an aromatic ring is 1. The van der Waals surface area contributed by atoms with Gasteiger partial charge in [-0.15, -0.1) is 13.2 Å². The number of benzene rings is 2. The van der Waals surface area contributed by atoms with Gasteiger partial charge in [-0.25, -0.2) is 0 Å². The lowest BCUT2D eigenvalue weighted by atomic mass is 9.91. The van der Waals surface area contributed by atoms with Gasteiger partial charge in [0.05, 0.1) is 11.5 Å². The number of anilines is 1. The van der Waals surface area contributed by atoms with Crippen LogP contribution in [0.15, 0.2) is 42.5 Å². The highest BCUT2D eigenvalue weighted by Gasteiger charge is 2.56. The predicted molar refractivity (Wildman–Crippen MR) is 83.4 cm³/mol. The van der Waals surface area contributed by atoms with Crippen LogP contribution < -0.4 is 10.5 Å². The first kappa shape index (κ1) is 16.2. The monoisotopic (exact) mass is 332 g/mol. The highest BCUT2D eigenvalue weighted by Crippen LogP contribution is 2.60. The Morgan fingerprint density at radius 2 is 1.88 bits per heavy atom. The maximum atomic E-state index is 12.2. The lowest BCUT2D eigenvalue weighted by Crippen LogP contribution is -2.17. The summed E-state index contributed by atoms with van der Waals surface area (Å²) in [5.74, 6) is -0.316. The van der Waals surface area contributed by atoms with Crippen LogP contribution in [-0.2, 0) is 5.41 Å². The molecule has 0 aromatic heterocycles. The second-order valence-electron chi connectivity index (χ2n) is 6.03. The van der Waals surface area contributed by atoms with E-state index in [0.29, 0.717) is 12.1 Å². The molecule has 0 heterocycles. The molecular weight excluding hydrogens is 317 g/mol. The van der Waals surface area contributed by atoms with E-state index in [-0.39, 0.29) is 11.7 Å². The molecule has 2 unspecified atom stereocenters. The molecule has 2 atom stereocenters. The number of nitrogens with zero attached hydrogens (tertiary/aromatic N) is 1. The molecule has 3 nitrogen and oxygen atoms in total. The zero-order chi connectivity index (χ0) is 17.5. The summed E-state index contributed by atoms with van der Waals surface area (Å²) in [6.07, 6.45) is -4.08. The molecule has 2 aromatic carbocycles. The first-order valence-electron chi connectivity index (χ1n) is 7.39. The van der Waals surface area contributed by atoms with E-state index in [9.17, 15) is 18.4 Å². The molecule has 2 N–H and O–H groups in total. The number of aryl methyl sites for hydroxylation is 1. The lowest BCUT2D eigenvalue weighted by Gasteiger charge is -2.12. The molecule has 124 valence electrons. The van der Waals surface area contributed by atoms with Gasteiger partial charge >= 0.3 is 6.36 Å². The van der Waals surface area contributed by atoms with Crippen molar-refractivity contribution in [2.24, 2.45) is 0 Å². The molecule has 2 aromatic rings. The number of halogens is 3. The maximum absolute atomic E-state index is 12.2. The first-order chi connectivity index (χ1) is 11.2. The van der Waals surface area contributed by atoms with Crippen molar-refractivity contribution in [3.63, 3.8) is 0 Å². The van der Waals surface area contributed by atoms with Gasteiger partial charge in [0, 0.05) is 11.6 Å². The number of rotatable bonds is 3. The Labute approximate surface area is 137 Å². The van der Waals surface area contributed by atoms with Crippen LogP contribution in [0, 0.1) is 18.3 Å². The van der Waals surface area contributed by atoms with Crippen LogP contribution >= 0.6 is 0 Å².